The summed E-state index contributed by atoms with van der Waals surface area (Å²) < 4.78 is 0. The Morgan fingerprint density at radius 2 is 1.96 bits per heavy atom. The van der Waals surface area contributed by atoms with Gasteiger partial charge in [0.25, 0.3) is 0 Å². The van der Waals surface area contributed by atoms with Gasteiger partial charge in [-0.2, -0.15) is 0 Å². The number of nitrogens with zero attached hydrogens (tertiary/aromatic N) is 1. The van der Waals surface area contributed by atoms with Gasteiger partial charge >= 0.3 is 0 Å². The number of aromatic hydroxyl groups is 1. The van der Waals surface area contributed by atoms with Gasteiger partial charge in [-0.05, 0) is 79.8 Å². The fraction of sp³-hybridized carbons (Fsp3) is 0.708. The lowest BCUT2D eigenvalue weighted by Crippen LogP contribution is -2.57. The first-order valence-electron chi connectivity index (χ1n) is 11.0. The molecule has 1 saturated heterocycles. The molecule has 3 nitrogen and oxygen atoms in total. The molecule has 1 heterocycles. The Hall–Kier alpha value is -1.35. The molecule has 2 fully saturated rings. The van der Waals surface area contributed by atoms with Crippen LogP contribution in [-0.4, -0.2) is 35.4 Å². The minimum atomic E-state index is 0.0786. The molecule has 0 aromatic heterocycles. The van der Waals surface area contributed by atoms with Crippen molar-refractivity contribution >= 4 is 5.78 Å². The van der Waals surface area contributed by atoms with Crippen molar-refractivity contribution < 1.29 is 9.90 Å². The van der Waals surface area contributed by atoms with Gasteiger partial charge in [-0.25, -0.2) is 0 Å². The fourth-order valence-electron chi connectivity index (χ4n) is 6.24. The SMILES string of the molecule is CN1CC[C@]2(C)c3cc(O)ccc3CC1C2CCC(=O)CCC1CCCC1. The first-order valence-corrected chi connectivity index (χ1v) is 11.0. The highest BCUT2D eigenvalue weighted by Gasteiger charge is 2.49. The smallest absolute Gasteiger partial charge is 0.132 e. The Morgan fingerprint density at radius 1 is 1.22 bits per heavy atom. The molecule has 1 aliphatic heterocycles. The molecular formula is C24H35NO2. The summed E-state index contributed by atoms with van der Waals surface area (Å²) >= 11 is 0. The standard InChI is InChI=1S/C24H35NO2/c1-24-13-14-25(2)23(15-18-8-10-20(27)16-22(18)24)21(24)12-11-19(26)9-7-17-5-3-4-6-17/h8,10,16-17,21,23,27H,3-7,9,11-15H2,1-2H3/t21?,23?,24-/m0/s1. The number of fused-ring (bicyclic) bond motifs is 4. The summed E-state index contributed by atoms with van der Waals surface area (Å²) in [6.07, 6.45) is 11.2. The van der Waals surface area contributed by atoms with E-state index in [0.717, 1.165) is 51.0 Å². The van der Waals surface area contributed by atoms with Crippen LogP contribution in [0.25, 0.3) is 0 Å². The summed E-state index contributed by atoms with van der Waals surface area (Å²) in [6, 6.07) is 6.44. The summed E-state index contributed by atoms with van der Waals surface area (Å²) in [5.74, 6) is 2.15. The molecule has 0 amide bonds. The summed E-state index contributed by atoms with van der Waals surface area (Å²) in [6.45, 7) is 3.47. The van der Waals surface area contributed by atoms with Crippen LogP contribution in [0.2, 0.25) is 0 Å². The van der Waals surface area contributed by atoms with E-state index >= 15 is 0 Å². The molecular weight excluding hydrogens is 334 g/mol. The number of carbonyl (C=O) groups is 1. The van der Waals surface area contributed by atoms with Crippen LogP contribution in [0.4, 0.5) is 0 Å². The van der Waals surface area contributed by atoms with Gasteiger partial charge in [0.05, 0.1) is 0 Å². The van der Waals surface area contributed by atoms with Crippen molar-refractivity contribution in [2.24, 2.45) is 11.8 Å². The molecule has 1 aromatic rings. The normalized spacial score (nSPS) is 31.0. The van der Waals surface area contributed by atoms with E-state index in [1.807, 2.05) is 12.1 Å². The van der Waals surface area contributed by atoms with Crippen LogP contribution in [0.1, 0.15) is 75.8 Å². The van der Waals surface area contributed by atoms with Gasteiger partial charge in [-0.3, -0.25) is 4.79 Å². The zero-order chi connectivity index (χ0) is 19.0. The number of hydrogen-bond donors (Lipinski definition) is 1. The van der Waals surface area contributed by atoms with Crippen molar-refractivity contribution in [2.45, 2.75) is 82.6 Å². The van der Waals surface area contributed by atoms with E-state index in [9.17, 15) is 9.90 Å². The highest BCUT2D eigenvalue weighted by Crippen LogP contribution is 2.50. The van der Waals surface area contributed by atoms with Crippen LogP contribution in [0, 0.1) is 11.8 Å². The largest absolute Gasteiger partial charge is 0.508 e. The average molecular weight is 370 g/mol. The van der Waals surface area contributed by atoms with Crippen LogP contribution in [-0.2, 0) is 16.6 Å². The third-order valence-corrected chi connectivity index (χ3v) is 8.01. The Labute approximate surface area is 164 Å². The third kappa shape index (κ3) is 3.68. The Kier molecular flexibility index (Phi) is 5.33. The second-order valence-corrected chi connectivity index (χ2v) is 9.63. The van der Waals surface area contributed by atoms with Crippen LogP contribution >= 0.6 is 0 Å². The molecule has 0 radical (unpaired) electrons. The van der Waals surface area contributed by atoms with Crippen molar-refractivity contribution in [3.8, 4) is 5.75 Å². The predicted molar refractivity (Wildman–Crippen MR) is 109 cm³/mol. The lowest BCUT2D eigenvalue weighted by atomic mass is 9.57. The molecule has 2 bridgehead atoms. The van der Waals surface area contributed by atoms with Crippen LogP contribution in [0.3, 0.4) is 0 Å². The molecule has 3 heteroatoms. The van der Waals surface area contributed by atoms with Crippen molar-refractivity contribution in [1.29, 1.82) is 0 Å². The Balaban J connectivity index is 1.45. The monoisotopic (exact) mass is 369 g/mol. The van der Waals surface area contributed by atoms with Crippen LogP contribution in [0.15, 0.2) is 18.2 Å². The molecule has 2 aliphatic carbocycles. The number of Topliss-reactive ketones (excluding diaryl/α,β-unsaturated/α-hetero) is 1. The summed E-state index contributed by atoms with van der Waals surface area (Å²) in [7, 11) is 2.24. The van der Waals surface area contributed by atoms with Crippen LogP contribution < -0.4 is 0 Å². The maximum absolute atomic E-state index is 12.6. The second-order valence-electron chi connectivity index (χ2n) is 9.63. The number of phenols is 1. The predicted octanol–water partition coefficient (Wildman–Crippen LogP) is 4.85. The lowest BCUT2D eigenvalue weighted by molar-refractivity contribution is -0.120. The molecule has 27 heavy (non-hydrogen) atoms. The number of rotatable bonds is 6. The van der Waals surface area contributed by atoms with Gasteiger partial charge in [0, 0.05) is 18.9 Å². The number of carbonyl (C=O) groups excluding carboxylic acids is 1. The topological polar surface area (TPSA) is 40.5 Å². The summed E-state index contributed by atoms with van der Waals surface area (Å²) in [4.78, 5) is 15.1. The van der Waals surface area contributed by atoms with Gasteiger partial charge in [-0.15, -0.1) is 0 Å². The number of ketones is 1. The fourth-order valence-corrected chi connectivity index (χ4v) is 6.24. The first kappa shape index (κ1) is 19.0. The Bertz CT molecular complexity index is 694. The van der Waals surface area contributed by atoms with Gasteiger partial charge < -0.3 is 10.0 Å². The third-order valence-electron chi connectivity index (χ3n) is 8.01. The highest BCUT2D eigenvalue weighted by atomic mass is 16.3. The molecule has 1 N–H and O–H groups in total. The van der Waals surface area contributed by atoms with Gasteiger partial charge in [0.15, 0.2) is 0 Å². The summed E-state index contributed by atoms with van der Waals surface area (Å²) in [5.41, 5.74) is 2.79. The van der Waals surface area contributed by atoms with E-state index in [1.165, 1.54) is 36.8 Å². The molecule has 148 valence electrons. The van der Waals surface area contributed by atoms with E-state index in [1.54, 1.807) is 0 Å². The number of likely N-dealkylation sites (tertiary alicyclic amines) is 1. The number of piperidine rings is 1. The lowest BCUT2D eigenvalue weighted by Gasteiger charge is -2.55. The van der Waals surface area contributed by atoms with Gasteiger partial charge in [-0.1, -0.05) is 38.7 Å². The van der Waals surface area contributed by atoms with E-state index in [-0.39, 0.29) is 5.41 Å². The number of hydrogen-bond acceptors (Lipinski definition) is 3. The number of likely N-dealkylation sites (N-methyl/N-ethyl adjacent to an activating group) is 1. The molecule has 4 rings (SSSR count). The zero-order valence-electron chi connectivity index (χ0n) is 17.0. The van der Waals surface area contributed by atoms with E-state index in [0.29, 0.717) is 23.5 Å². The van der Waals surface area contributed by atoms with Crippen LogP contribution in [0.5, 0.6) is 5.75 Å². The number of benzene rings is 1. The maximum atomic E-state index is 12.6. The average Bonchev–Trinajstić information content (AvgIpc) is 3.17. The van der Waals surface area contributed by atoms with Crippen molar-refractivity contribution in [2.75, 3.05) is 13.6 Å². The van der Waals surface area contributed by atoms with E-state index in [4.69, 9.17) is 0 Å². The van der Waals surface area contributed by atoms with Gasteiger partial charge in [0.2, 0.25) is 0 Å². The minimum Gasteiger partial charge on any atom is -0.508 e. The molecule has 0 spiro atoms. The van der Waals surface area contributed by atoms with Crippen molar-refractivity contribution in [3.63, 3.8) is 0 Å². The maximum Gasteiger partial charge on any atom is 0.132 e. The first-order chi connectivity index (χ1) is 13.0. The number of phenolic OH excluding ortho intramolecular Hbond substituents is 1. The molecule has 3 atom stereocenters. The Morgan fingerprint density at radius 3 is 2.74 bits per heavy atom. The van der Waals surface area contributed by atoms with Crippen molar-refractivity contribution in [1.82, 2.24) is 4.90 Å². The van der Waals surface area contributed by atoms with Gasteiger partial charge in [0.1, 0.15) is 11.5 Å². The molecule has 1 aromatic carbocycles. The zero-order valence-corrected chi connectivity index (χ0v) is 17.0. The summed E-state index contributed by atoms with van der Waals surface area (Å²) in [5, 5.41) is 10.1. The minimum absolute atomic E-state index is 0.0786. The van der Waals surface area contributed by atoms with E-state index < -0.39 is 0 Å². The quantitative estimate of drug-likeness (QED) is 0.779. The molecule has 3 aliphatic rings. The van der Waals surface area contributed by atoms with Crippen molar-refractivity contribution in [3.05, 3.63) is 29.3 Å². The van der Waals surface area contributed by atoms with E-state index in [2.05, 4.69) is 24.9 Å². The molecule has 2 unspecified atom stereocenters. The second kappa shape index (κ2) is 7.58. The molecule has 1 saturated carbocycles. The highest BCUT2D eigenvalue weighted by molar-refractivity contribution is 5.78.